The highest BCUT2D eigenvalue weighted by Crippen LogP contribution is 2.22. The molecular weight excluding hydrogens is 200 g/mol. The molecule has 0 aromatic rings. The number of nitrogens with one attached hydrogen (secondary N) is 2. The molecule has 0 aliphatic carbocycles. The summed E-state index contributed by atoms with van der Waals surface area (Å²) in [5, 5.41) is 5.77. The average molecular weight is 218 g/mol. The summed E-state index contributed by atoms with van der Waals surface area (Å²) in [5.74, 6) is 0. The van der Waals surface area contributed by atoms with Gasteiger partial charge in [0, 0.05) is 34.4 Å². The van der Waals surface area contributed by atoms with E-state index in [2.05, 4.69) is 10.6 Å². The van der Waals surface area contributed by atoms with E-state index in [1.165, 1.54) is 7.11 Å². The number of piperidine rings is 1. The van der Waals surface area contributed by atoms with Crippen molar-refractivity contribution in [3.8, 4) is 0 Å². The van der Waals surface area contributed by atoms with Crippen LogP contribution < -0.4 is 10.6 Å². The number of carbonyl (C=O) groups is 1. The molecule has 0 spiro atoms. The SMILES string of the molecule is COC1CNCC(NC=O)(OC)C1OC. The maximum atomic E-state index is 10.6. The van der Waals surface area contributed by atoms with Crippen LogP contribution in [0.1, 0.15) is 0 Å². The van der Waals surface area contributed by atoms with Crippen LogP contribution in [0.3, 0.4) is 0 Å². The molecule has 1 amide bonds. The molecule has 0 radical (unpaired) electrons. The Morgan fingerprint density at radius 3 is 2.60 bits per heavy atom. The molecule has 0 bridgehead atoms. The third kappa shape index (κ3) is 2.28. The van der Waals surface area contributed by atoms with Gasteiger partial charge in [-0.2, -0.15) is 0 Å². The van der Waals surface area contributed by atoms with Crippen molar-refractivity contribution in [3.63, 3.8) is 0 Å². The van der Waals surface area contributed by atoms with Gasteiger partial charge in [0.05, 0.1) is 0 Å². The minimum atomic E-state index is -0.866. The largest absolute Gasteiger partial charge is 0.377 e. The first kappa shape index (κ1) is 12.4. The van der Waals surface area contributed by atoms with Crippen LogP contribution in [-0.2, 0) is 19.0 Å². The molecule has 3 unspecified atom stereocenters. The van der Waals surface area contributed by atoms with Gasteiger partial charge in [-0.1, -0.05) is 0 Å². The van der Waals surface area contributed by atoms with Crippen LogP contribution in [0.4, 0.5) is 0 Å². The zero-order valence-corrected chi connectivity index (χ0v) is 9.28. The van der Waals surface area contributed by atoms with Crippen molar-refractivity contribution in [2.75, 3.05) is 34.4 Å². The molecule has 0 aromatic carbocycles. The van der Waals surface area contributed by atoms with Gasteiger partial charge in [-0.15, -0.1) is 0 Å². The number of hydrogen-bond donors (Lipinski definition) is 2. The van der Waals surface area contributed by atoms with Gasteiger partial charge < -0.3 is 24.8 Å². The van der Waals surface area contributed by atoms with Crippen molar-refractivity contribution in [1.29, 1.82) is 0 Å². The lowest BCUT2D eigenvalue weighted by Gasteiger charge is -2.45. The van der Waals surface area contributed by atoms with E-state index in [1.54, 1.807) is 14.2 Å². The van der Waals surface area contributed by atoms with Gasteiger partial charge in [0.15, 0.2) is 5.72 Å². The molecule has 15 heavy (non-hydrogen) atoms. The smallest absolute Gasteiger partial charge is 0.209 e. The molecule has 3 atom stereocenters. The van der Waals surface area contributed by atoms with Crippen LogP contribution in [0.5, 0.6) is 0 Å². The Morgan fingerprint density at radius 2 is 2.13 bits per heavy atom. The summed E-state index contributed by atoms with van der Waals surface area (Å²) in [7, 11) is 4.70. The average Bonchev–Trinajstić information content (AvgIpc) is 2.28. The summed E-state index contributed by atoms with van der Waals surface area (Å²) in [6.45, 7) is 1.15. The second-order valence-electron chi connectivity index (χ2n) is 3.42. The highest BCUT2D eigenvalue weighted by atomic mass is 16.6. The molecule has 1 aliphatic heterocycles. The topological polar surface area (TPSA) is 68.8 Å². The summed E-state index contributed by atoms with van der Waals surface area (Å²) in [4.78, 5) is 10.6. The second-order valence-corrected chi connectivity index (χ2v) is 3.42. The van der Waals surface area contributed by atoms with Crippen LogP contribution in [0.2, 0.25) is 0 Å². The fourth-order valence-corrected chi connectivity index (χ4v) is 1.94. The normalized spacial score (nSPS) is 36.2. The lowest BCUT2D eigenvalue weighted by atomic mass is 9.96. The van der Waals surface area contributed by atoms with Crippen LogP contribution in [0.25, 0.3) is 0 Å². The maximum Gasteiger partial charge on any atom is 0.209 e. The van der Waals surface area contributed by atoms with Crippen molar-refractivity contribution >= 4 is 6.41 Å². The molecule has 1 saturated heterocycles. The number of carbonyl (C=O) groups excluding carboxylic acids is 1. The summed E-state index contributed by atoms with van der Waals surface area (Å²) in [6.07, 6.45) is 0.116. The molecule has 6 heteroatoms. The Morgan fingerprint density at radius 1 is 1.40 bits per heavy atom. The molecule has 1 heterocycles. The molecule has 0 aromatic heterocycles. The summed E-state index contributed by atoms with van der Waals surface area (Å²) >= 11 is 0. The van der Waals surface area contributed by atoms with Crippen molar-refractivity contribution in [3.05, 3.63) is 0 Å². The zero-order chi connectivity index (χ0) is 11.3. The van der Waals surface area contributed by atoms with Crippen LogP contribution in [0.15, 0.2) is 0 Å². The van der Waals surface area contributed by atoms with Crippen LogP contribution in [0, 0.1) is 0 Å². The summed E-state index contributed by atoms with van der Waals surface area (Å²) in [6, 6.07) is 0. The predicted octanol–water partition coefficient (Wildman–Crippen LogP) is -1.29. The zero-order valence-electron chi connectivity index (χ0n) is 9.28. The molecule has 2 N–H and O–H groups in total. The first-order chi connectivity index (χ1) is 7.24. The van der Waals surface area contributed by atoms with Gasteiger partial charge in [-0.3, -0.25) is 4.79 Å². The number of hydrogen-bond acceptors (Lipinski definition) is 5. The number of methoxy groups -OCH3 is 3. The molecule has 1 fully saturated rings. The Hall–Kier alpha value is -0.690. The second kappa shape index (κ2) is 5.41. The van der Waals surface area contributed by atoms with Gasteiger partial charge >= 0.3 is 0 Å². The Balaban J connectivity index is 2.85. The Labute approximate surface area is 89.3 Å². The van der Waals surface area contributed by atoms with E-state index in [0.717, 1.165) is 0 Å². The van der Waals surface area contributed by atoms with Gasteiger partial charge in [-0.25, -0.2) is 0 Å². The Bertz CT molecular complexity index is 214. The Kier molecular flexibility index (Phi) is 4.46. The molecular formula is C9H18N2O4. The molecule has 1 aliphatic rings. The van der Waals surface area contributed by atoms with Gasteiger partial charge in [-0.05, 0) is 0 Å². The maximum absolute atomic E-state index is 10.6. The fraction of sp³-hybridized carbons (Fsp3) is 0.889. The van der Waals surface area contributed by atoms with E-state index in [4.69, 9.17) is 14.2 Å². The molecule has 1 rings (SSSR count). The van der Waals surface area contributed by atoms with E-state index in [9.17, 15) is 4.79 Å². The first-order valence-corrected chi connectivity index (χ1v) is 4.77. The van der Waals surface area contributed by atoms with E-state index in [1.807, 2.05) is 0 Å². The van der Waals surface area contributed by atoms with E-state index in [-0.39, 0.29) is 12.2 Å². The van der Waals surface area contributed by atoms with Crippen molar-refractivity contribution in [2.45, 2.75) is 17.9 Å². The lowest BCUT2D eigenvalue weighted by molar-refractivity contribution is -0.191. The van der Waals surface area contributed by atoms with Crippen molar-refractivity contribution < 1.29 is 19.0 Å². The van der Waals surface area contributed by atoms with Crippen molar-refractivity contribution in [1.82, 2.24) is 10.6 Å². The predicted molar refractivity (Wildman–Crippen MR) is 53.4 cm³/mol. The molecule has 0 saturated carbocycles. The van der Waals surface area contributed by atoms with E-state index < -0.39 is 5.72 Å². The number of rotatable bonds is 5. The summed E-state index contributed by atoms with van der Waals surface area (Å²) in [5.41, 5.74) is -0.866. The standard InChI is InChI=1S/C9H18N2O4/c1-13-7-4-10-5-9(15-3,11-6-12)8(7)14-2/h6-8,10H,4-5H2,1-3H3,(H,11,12). The summed E-state index contributed by atoms with van der Waals surface area (Å²) < 4.78 is 16.0. The highest BCUT2D eigenvalue weighted by molar-refractivity contribution is 5.48. The monoisotopic (exact) mass is 218 g/mol. The minimum absolute atomic E-state index is 0.156. The number of amides is 1. The first-order valence-electron chi connectivity index (χ1n) is 4.77. The molecule has 6 nitrogen and oxygen atoms in total. The lowest BCUT2D eigenvalue weighted by Crippen LogP contribution is -2.70. The third-order valence-electron chi connectivity index (χ3n) is 2.75. The van der Waals surface area contributed by atoms with Crippen LogP contribution >= 0.6 is 0 Å². The van der Waals surface area contributed by atoms with Gasteiger partial charge in [0.1, 0.15) is 12.2 Å². The van der Waals surface area contributed by atoms with Gasteiger partial charge in [0.25, 0.3) is 0 Å². The quantitative estimate of drug-likeness (QED) is 0.444. The fourth-order valence-electron chi connectivity index (χ4n) is 1.94. The highest BCUT2D eigenvalue weighted by Gasteiger charge is 2.47. The molecule has 88 valence electrons. The van der Waals surface area contributed by atoms with E-state index in [0.29, 0.717) is 19.5 Å². The number of ether oxygens (including phenoxy) is 3. The van der Waals surface area contributed by atoms with E-state index >= 15 is 0 Å². The van der Waals surface area contributed by atoms with Crippen LogP contribution in [-0.4, -0.2) is 58.8 Å². The minimum Gasteiger partial charge on any atom is -0.377 e. The van der Waals surface area contributed by atoms with Gasteiger partial charge in [0.2, 0.25) is 6.41 Å². The third-order valence-corrected chi connectivity index (χ3v) is 2.75. The van der Waals surface area contributed by atoms with Crippen molar-refractivity contribution in [2.24, 2.45) is 0 Å².